The number of sulfonamides is 1. The van der Waals surface area contributed by atoms with Gasteiger partial charge in [0, 0.05) is 24.0 Å². The highest BCUT2D eigenvalue weighted by Gasteiger charge is 2.23. The molecule has 0 aliphatic carbocycles. The number of thiazole rings is 1. The van der Waals surface area contributed by atoms with Gasteiger partial charge < -0.3 is 5.32 Å². The second-order valence-electron chi connectivity index (χ2n) is 5.36. The van der Waals surface area contributed by atoms with Crippen LogP contribution in [-0.4, -0.2) is 18.4 Å². The summed E-state index contributed by atoms with van der Waals surface area (Å²) < 4.78 is 41.4. The summed E-state index contributed by atoms with van der Waals surface area (Å²) in [5, 5.41) is 4.89. The molecular weight excluding hydrogens is 399 g/mol. The molecule has 6 nitrogen and oxygen atoms in total. The summed E-state index contributed by atoms with van der Waals surface area (Å²) in [6, 6.07) is 5.59. The summed E-state index contributed by atoms with van der Waals surface area (Å²) in [5.41, 5.74) is 1.17. The van der Waals surface area contributed by atoms with Crippen molar-refractivity contribution in [3.63, 3.8) is 0 Å². The van der Waals surface area contributed by atoms with E-state index in [2.05, 4.69) is 20.0 Å². The zero-order valence-corrected chi connectivity index (χ0v) is 15.9. The average molecular weight is 413 g/mol. The second kappa shape index (κ2) is 7.56. The minimum atomic E-state index is -4.13. The SMILES string of the molecule is CC(Nc1cc(F)c(S(=O)(=O)Nc2nccs2)cc1Cl)c1cccnc1. The molecule has 3 rings (SSSR count). The normalized spacial score (nSPS) is 12.6. The molecule has 0 radical (unpaired) electrons. The van der Waals surface area contributed by atoms with E-state index in [4.69, 9.17) is 11.6 Å². The quantitative estimate of drug-likeness (QED) is 0.630. The Balaban J connectivity index is 1.86. The van der Waals surface area contributed by atoms with Crippen LogP contribution < -0.4 is 10.0 Å². The lowest BCUT2D eigenvalue weighted by Crippen LogP contribution is -2.15. The van der Waals surface area contributed by atoms with Crippen LogP contribution in [0.1, 0.15) is 18.5 Å². The standard InChI is InChI=1S/C16H14ClFN4O2S2/c1-10(11-3-2-4-19-9-11)21-14-8-13(18)15(7-12(14)17)26(23,24)22-16-20-5-6-25-16/h2-10,21H,1H3,(H,20,22). The van der Waals surface area contributed by atoms with E-state index >= 15 is 0 Å². The van der Waals surface area contributed by atoms with Gasteiger partial charge in [0.25, 0.3) is 10.0 Å². The Morgan fingerprint density at radius 1 is 1.31 bits per heavy atom. The van der Waals surface area contributed by atoms with Crippen LogP contribution in [0.15, 0.2) is 53.1 Å². The maximum absolute atomic E-state index is 14.5. The van der Waals surface area contributed by atoms with Crippen LogP contribution >= 0.6 is 22.9 Å². The lowest BCUT2D eigenvalue weighted by atomic mass is 10.1. The Morgan fingerprint density at radius 3 is 2.77 bits per heavy atom. The molecule has 3 aromatic rings. The van der Waals surface area contributed by atoms with Gasteiger partial charge in [-0.15, -0.1) is 11.3 Å². The zero-order chi connectivity index (χ0) is 18.7. The molecule has 0 saturated carbocycles. The monoisotopic (exact) mass is 412 g/mol. The third-order valence-electron chi connectivity index (χ3n) is 3.52. The van der Waals surface area contributed by atoms with E-state index in [0.29, 0.717) is 0 Å². The van der Waals surface area contributed by atoms with Gasteiger partial charge in [-0.2, -0.15) is 0 Å². The van der Waals surface area contributed by atoms with Crippen LogP contribution in [0.5, 0.6) is 0 Å². The highest BCUT2D eigenvalue weighted by molar-refractivity contribution is 7.93. The number of nitrogens with one attached hydrogen (secondary N) is 2. The summed E-state index contributed by atoms with van der Waals surface area (Å²) in [6.07, 6.45) is 4.77. The molecule has 0 aliphatic rings. The Kier molecular flexibility index (Phi) is 5.40. The predicted octanol–water partition coefficient (Wildman–Crippen LogP) is 4.30. The van der Waals surface area contributed by atoms with Crippen molar-refractivity contribution in [1.82, 2.24) is 9.97 Å². The first-order chi connectivity index (χ1) is 12.4. The van der Waals surface area contributed by atoms with Crippen LogP contribution in [0, 0.1) is 5.82 Å². The van der Waals surface area contributed by atoms with E-state index < -0.39 is 20.7 Å². The Labute approximate surface area is 159 Å². The second-order valence-corrected chi connectivity index (χ2v) is 8.31. The fraction of sp³-hybridized carbons (Fsp3) is 0.125. The lowest BCUT2D eigenvalue weighted by molar-refractivity contribution is 0.570. The van der Waals surface area contributed by atoms with Crippen molar-refractivity contribution in [3.05, 3.63) is 64.6 Å². The fourth-order valence-corrected chi connectivity index (χ4v) is 4.40. The Bertz CT molecular complexity index is 999. The number of hydrogen-bond acceptors (Lipinski definition) is 6. The minimum absolute atomic E-state index is 0.0849. The van der Waals surface area contributed by atoms with Gasteiger partial charge in [0.1, 0.15) is 10.7 Å². The van der Waals surface area contributed by atoms with Crippen molar-refractivity contribution >= 4 is 43.8 Å². The summed E-state index contributed by atoms with van der Waals surface area (Å²) in [6.45, 7) is 1.86. The zero-order valence-electron chi connectivity index (χ0n) is 13.5. The number of rotatable bonds is 6. The van der Waals surface area contributed by atoms with Crippen molar-refractivity contribution in [3.8, 4) is 0 Å². The van der Waals surface area contributed by atoms with E-state index in [-0.39, 0.29) is 21.9 Å². The number of hydrogen-bond donors (Lipinski definition) is 2. The third-order valence-corrected chi connectivity index (χ3v) is 6.01. The maximum Gasteiger partial charge on any atom is 0.266 e. The van der Waals surface area contributed by atoms with Crippen LogP contribution in [0.25, 0.3) is 0 Å². The number of nitrogens with zero attached hydrogens (tertiary/aromatic N) is 2. The van der Waals surface area contributed by atoms with Crippen LogP contribution in [-0.2, 0) is 10.0 Å². The molecular formula is C16H14ClFN4O2S2. The van der Waals surface area contributed by atoms with Gasteiger partial charge in [-0.25, -0.2) is 17.8 Å². The van der Waals surface area contributed by atoms with E-state index in [1.165, 1.54) is 6.20 Å². The summed E-state index contributed by atoms with van der Waals surface area (Å²) in [4.78, 5) is 7.31. The van der Waals surface area contributed by atoms with Crippen molar-refractivity contribution in [1.29, 1.82) is 0 Å². The van der Waals surface area contributed by atoms with Crippen LogP contribution in [0.2, 0.25) is 5.02 Å². The number of anilines is 2. The molecule has 0 aliphatic heterocycles. The molecule has 0 amide bonds. The third kappa shape index (κ3) is 4.12. The summed E-state index contributed by atoms with van der Waals surface area (Å²) in [7, 11) is -4.13. The lowest BCUT2D eigenvalue weighted by Gasteiger charge is -2.17. The molecule has 0 bridgehead atoms. The number of pyridine rings is 1. The summed E-state index contributed by atoms with van der Waals surface area (Å²) >= 11 is 7.26. The topological polar surface area (TPSA) is 84.0 Å². The van der Waals surface area contributed by atoms with E-state index in [1.54, 1.807) is 23.8 Å². The largest absolute Gasteiger partial charge is 0.377 e. The molecule has 1 aromatic carbocycles. The molecule has 1 atom stereocenters. The van der Waals surface area contributed by atoms with Gasteiger partial charge in [0.05, 0.1) is 16.8 Å². The van der Waals surface area contributed by atoms with Gasteiger partial charge in [0.15, 0.2) is 5.13 Å². The minimum Gasteiger partial charge on any atom is -0.377 e. The van der Waals surface area contributed by atoms with Crippen molar-refractivity contribution in [2.75, 3.05) is 10.0 Å². The van der Waals surface area contributed by atoms with Gasteiger partial charge in [0.2, 0.25) is 0 Å². The van der Waals surface area contributed by atoms with E-state index in [1.807, 2.05) is 13.0 Å². The molecule has 10 heteroatoms. The van der Waals surface area contributed by atoms with E-state index in [9.17, 15) is 12.8 Å². The fourth-order valence-electron chi connectivity index (χ4n) is 2.24. The molecule has 1 unspecified atom stereocenters. The molecule has 2 N–H and O–H groups in total. The maximum atomic E-state index is 14.5. The van der Waals surface area contributed by atoms with Gasteiger partial charge in [-0.1, -0.05) is 17.7 Å². The van der Waals surface area contributed by atoms with Gasteiger partial charge >= 0.3 is 0 Å². The van der Waals surface area contributed by atoms with Crippen molar-refractivity contribution < 1.29 is 12.8 Å². The molecule has 26 heavy (non-hydrogen) atoms. The van der Waals surface area contributed by atoms with Gasteiger partial charge in [-0.3, -0.25) is 9.71 Å². The average Bonchev–Trinajstić information content (AvgIpc) is 3.10. The Morgan fingerprint density at radius 2 is 2.12 bits per heavy atom. The van der Waals surface area contributed by atoms with Gasteiger partial charge in [-0.05, 0) is 30.7 Å². The number of benzene rings is 1. The Hall–Kier alpha value is -2.23. The first-order valence-electron chi connectivity index (χ1n) is 7.44. The highest BCUT2D eigenvalue weighted by atomic mass is 35.5. The first kappa shape index (κ1) is 18.6. The molecule has 2 heterocycles. The highest BCUT2D eigenvalue weighted by Crippen LogP contribution is 2.31. The molecule has 0 spiro atoms. The smallest absolute Gasteiger partial charge is 0.266 e. The summed E-state index contributed by atoms with van der Waals surface area (Å²) in [5.74, 6) is -0.917. The molecule has 136 valence electrons. The number of aromatic nitrogens is 2. The van der Waals surface area contributed by atoms with E-state index in [0.717, 1.165) is 29.0 Å². The predicted molar refractivity (Wildman–Crippen MR) is 101 cm³/mol. The van der Waals surface area contributed by atoms with Crippen LogP contribution in [0.3, 0.4) is 0 Å². The van der Waals surface area contributed by atoms with Crippen molar-refractivity contribution in [2.45, 2.75) is 17.9 Å². The van der Waals surface area contributed by atoms with Crippen molar-refractivity contribution in [2.24, 2.45) is 0 Å². The molecule has 2 aromatic heterocycles. The van der Waals surface area contributed by atoms with Crippen LogP contribution in [0.4, 0.5) is 15.2 Å². The number of halogens is 2. The first-order valence-corrected chi connectivity index (χ1v) is 10.2. The molecule has 0 saturated heterocycles. The molecule has 0 fully saturated rings.